The second kappa shape index (κ2) is 3.24. The van der Waals surface area contributed by atoms with Crippen molar-refractivity contribution in [3.8, 4) is 0 Å². The third-order valence-corrected chi connectivity index (χ3v) is 1.28. The van der Waals surface area contributed by atoms with Crippen molar-refractivity contribution in [3.63, 3.8) is 0 Å². The van der Waals surface area contributed by atoms with E-state index in [-0.39, 0.29) is 0 Å². The average Bonchev–Trinajstić information content (AvgIpc) is 2.42. The van der Waals surface area contributed by atoms with E-state index in [9.17, 15) is 34.8 Å². The molecule has 0 aromatic carbocycles. The first-order valence-electron chi connectivity index (χ1n) is 3.08. The van der Waals surface area contributed by atoms with Crippen LogP contribution < -0.4 is 0 Å². The molecule has 1 rings (SSSR count). The predicted octanol–water partition coefficient (Wildman–Crippen LogP) is 0.340. The first-order valence-corrected chi connectivity index (χ1v) is 3.08. The Morgan fingerprint density at radius 3 is 1.87 bits per heavy atom. The minimum absolute atomic E-state index is 1.06. The van der Waals surface area contributed by atoms with Crippen LogP contribution in [0.4, 0.5) is 22.1 Å². The molecule has 0 fully saturated rings. The molecule has 1 aromatic heterocycles. The second-order valence-electron chi connectivity index (χ2n) is 2.11. The lowest BCUT2D eigenvalue weighted by Gasteiger charge is -1.91. The fourth-order valence-corrected chi connectivity index (χ4v) is 0.759. The van der Waals surface area contributed by atoms with Gasteiger partial charge in [-0.3, -0.25) is 0 Å². The SMILES string of the molecule is O=[N+]([O-])c1nc([N+](=O)[O-])n(F)c1[N+](=O)[O-]. The van der Waals surface area contributed by atoms with Crippen molar-refractivity contribution in [2.24, 2.45) is 0 Å². The second-order valence-corrected chi connectivity index (χ2v) is 2.11. The van der Waals surface area contributed by atoms with Crippen LogP contribution in [0.5, 0.6) is 0 Å². The van der Waals surface area contributed by atoms with Gasteiger partial charge in [-0.1, -0.05) is 0 Å². The van der Waals surface area contributed by atoms with E-state index in [1.807, 2.05) is 0 Å². The zero-order valence-electron chi connectivity index (χ0n) is 6.56. The predicted molar refractivity (Wildman–Crippen MR) is 38.7 cm³/mol. The maximum Gasteiger partial charge on any atom is 0.507 e. The highest BCUT2D eigenvalue weighted by Gasteiger charge is 2.39. The first kappa shape index (κ1) is 10.4. The molecule has 11 nitrogen and oxygen atoms in total. The van der Waals surface area contributed by atoms with Gasteiger partial charge in [-0.2, -0.15) is 0 Å². The molecule has 0 unspecified atom stereocenters. The number of hydrogen-bond donors (Lipinski definition) is 0. The van der Waals surface area contributed by atoms with Gasteiger partial charge < -0.3 is 30.3 Å². The number of rotatable bonds is 3. The number of halogens is 1. The summed E-state index contributed by atoms with van der Waals surface area (Å²) < 4.78 is 12.8. The van der Waals surface area contributed by atoms with Gasteiger partial charge in [-0.05, 0) is 19.8 Å². The minimum Gasteiger partial charge on any atom is -0.389 e. The summed E-state index contributed by atoms with van der Waals surface area (Å²) in [7, 11) is 0. The Morgan fingerprint density at radius 2 is 1.60 bits per heavy atom. The zero-order chi connectivity index (χ0) is 11.7. The van der Waals surface area contributed by atoms with Crippen molar-refractivity contribution in [2.45, 2.75) is 0 Å². The smallest absolute Gasteiger partial charge is 0.389 e. The maximum atomic E-state index is 12.8. The van der Waals surface area contributed by atoms with E-state index >= 15 is 0 Å². The minimum atomic E-state index is -1.69. The normalized spacial score (nSPS) is 9.93. The lowest BCUT2D eigenvalue weighted by atomic mass is 10.7. The number of imidazole rings is 1. The summed E-state index contributed by atoms with van der Waals surface area (Å²) in [5.41, 5.74) is 0. The molecule has 0 aliphatic rings. The van der Waals surface area contributed by atoms with Gasteiger partial charge in [0.1, 0.15) is 0 Å². The quantitative estimate of drug-likeness (QED) is 0.527. The Balaban J connectivity index is 3.53. The van der Waals surface area contributed by atoms with Crippen LogP contribution in [-0.4, -0.2) is 24.5 Å². The molecule has 80 valence electrons. The molecular weight excluding hydrogens is 221 g/mol. The standard InChI is InChI=1S/C3FN5O6/c4-6-2(8(12)13)1(7(10)11)5-3(6)9(14)15. The molecule has 1 heterocycles. The van der Waals surface area contributed by atoms with Crippen LogP contribution in [0.3, 0.4) is 0 Å². The van der Waals surface area contributed by atoms with Gasteiger partial charge in [0.15, 0.2) is 0 Å². The Kier molecular flexibility index (Phi) is 2.25. The van der Waals surface area contributed by atoms with Crippen molar-refractivity contribution in [3.05, 3.63) is 30.3 Å². The largest absolute Gasteiger partial charge is 0.507 e. The van der Waals surface area contributed by atoms with Gasteiger partial charge in [-0.15, -0.1) is 0 Å². The third kappa shape index (κ3) is 1.54. The molecule has 0 saturated heterocycles. The summed E-state index contributed by atoms with van der Waals surface area (Å²) in [4.78, 5) is 27.6. The van der Waals surface area contributed by atoms with Crippen molar-refractivity contribution in [2.75, 3.05) is 0 Å². The molecular formula is C3FN5O6. The summed E-state index contributed by atoms with van der Waals surface area (Å²) in [6.45, 7) is 0. The fourth-order valence-electron chi connectivity index (χ4n) is 0.759. The number of nitrogens with zero attached hydrogens (tertiary/aromatic N) is 5. The molecule has 15 heavy (non-hydrogen) atoms. The van der Waals surface area contributed by atoms with Gasteiger partial charge in [-0.25, -0.2) is 0 Å². The molecule has 0 radical (unpaired) electrons. The van der Waals surface area contributed by atoms with Crippen LogP contribution in [0.25, 0.3) is 0 Å². The van der Waals surface area contributed by atoms with Crippen LogP contribution >= 0.6 is 0 Å². The topological polar surface area (TPSA) is 147 Å². The van der Waals surface area contributed by atoms with Crippen molar-refractivity contribution in [1.29, 1.82) is 0 Å². The lowest BCUT2D eigenvalue weighted by Crippen LogP contribution is -1.99. The summed E-state index contributed by atoms with van der Waals surface area (Å²) in [5, 5.41) is 30.4. The Bertz CT molecular complexity index is 466. The molecule has 12 heteroatoms. The molecule has 0 bridgehead atoms. The van der Waals surface area contributed by atoms with E-state index in [0.717, 1.165) is 0 Å². The summed E-state index contributed by atoms with van der Waals surface area (Å²) in [6, 6.07) is 0. The molecule has 0 aliphatic carbocycles. The van der Waals surface area contributed by atoms with Crippen molar-refractivity contribution in [1.82, 2.24) is 9.77 Å². The highest BCUT2D eigenvalue weighted by Crippen LogP contribution is 2.30. The molecule has 0 saturated carbocycles. The Labute approximate surface area is 78.1 Å². The van der Waals surface area contributed by atoms with Crippen LogP contribution in [0, 0.1) is 30.3 Å². The molecule has 0 spiro atoms. The Hall–Kier alpha value is -2.66. The average molecular weight is 221 g/mol. The number of hydrogen-bond acceptors (Lipinski definition) is 7. The van der Waals surface area contributed by atoms with Gasteiger partial charge >= 0.3 is 17.6 Å². The lowest BCUT2D eigenvalue weighted by molar-refractivity contribution is -0.431. The molecule has 1 aromatic rings. The molecule has 0 amide bonds. The highest BCUT2D eigenvalue weighted by molar-refractivity contribution is 5.45. The van der Waals surface area contributed by atoms with Crippen LogP contribution in [0.15, 0.2) is 0 Å². The van der Waals surface area contributed by atoms with E-state index in [4.69, 9.17) is 0 Å². The van der Waals surface area contributed by atoms with Gasteiger partial charge in [0, 0.05) is 9.27 Å². The van der Waals surface area contributed by atoms with E-state index in [0.29, 0.717) is 0 Å². The summed E-state index contributed by atoms with van der Waals surface area (Å²) in [5.74, 6) is -4.82. The molecule has 0 N–H and O–H groups in total. The summed E-state index contributed by atoms with van der Waals surface area (Å²) in [6.07, 6.45) is 0. The van der Waals surface area contributed by atoms with Crippen molar-refractivity contribution >= 4 is 17.6 Å². The number of nitro groups is 3. The van der Waals surface area contributed by atoms with Crippen LogP contribution in [0.1, 0.15) is 0 Å². The third-order valence-electron chi connectivity index (χ3n) is 1.28. The fraction of sp³-hybridized carbons (Fsp3) is 0. The highest BCUT2D eigenvalue weighted by atomic mass is 19.2. The van der Waals surface area contributed by atoms with Crippen LogP contribution in [0.2, 0.25) is 0 Å². The van der Waals surface area contributed by atoms with E-state index in [1.54, 1.807) is 0 Å². The van der Waals surface area contributed by atoms with Gasteiger partial charge in [0.25, 0.3) is 0 Å². The van der Waals surface area contributed by atoms with E-state index < -0.39 is 37.1 Å². The number of aromatic nitrogens is 2. The first-order chi connectivity index (χ1) is 6.86. The van der Waals surface area contributed by atoms with E-state index in [2.05, 4.69) is 4.98 Å². The van der Waals surface area contributed by atoms with Crippen molar-refractivity contribution < 1.29 is 19.3 Å². The van der Waals surface area contributed by atoms with Crippen LogP contribution in [-0.2, 0) is 0 Å². The molecule has 0 atom stereocenters. The zero-order valence-corrected chi connectivity index (χ0v) is 6.56. The van der Waals surface area contributed by atoms with E-state index in [1.165, 1.54) is 0 Å². The summed E-state index contributed by atoms with van der Waals surface area (Å²) >= 11 is 0. The molecule has 0 aliphatic heterocycles. The maximum absolute atomic E-state index is 12.8. The Morgan fingerprint density at radius 1 is 1.07 bits per heavy atom. The van der Waals surface area contributed by atoms with Gasteiger partial charge in [0.2, 0.25) is 0 Å². The van der Waals surface area contributed by atoms with Gasteiger partial charge in [0.05, 0.1) is 0 Å². The monoisotopic (exact) mass is 221 g/mol.